The lowest BCUT2D eigenvalue weighted by Gasteiger charge is -2.15. The summed E-state index contributed by atoms with van der Waals surface area (Å²) in [4.78, 5) is 0. The summed E-state index contributed by atoms with van der Waals surface area (Å²) in [6.45, 7) is 6.70. The maximum absolute atomic E-state index is 9.39. The molecule has 1 aromatic rings. The van der Waals surface area contributed by atoms with E-state index in [0.717, 1.165) is 5.56 Å². The molecule has 82 valence electrons. The molecule has 2 rings (SSSR count). The van der Waals surface area contributed by atoms with Crippen molar-refractivity contribution in [2.75, 3.05) is 0 Å². The summed E-state index contributed by atoms with van der Waals surface area (Å²) in [5.41, 5.74) is 1.60. The Morgan fingerprint density at radius 1 is 1.47 bits per heavy atom. The van der Waals surface area contributed by atoms with Crippen LogP contribution < -0.4 is 5.32 Å². The van der Waals surface area contributed by atoms with Gasteiger partial charge in [0.05, 0.1) is 0 Å². The van der Waals surface area contributed by atoms with Crippen molar-refractivity contribution in [1.82, 2.24) is 5.32 Å². The molecule has 1 fully saturated rings. The minimum absolute atomic E-state index is 0.309. The molecular formula is C13H19NO. The predicted molar refractivity (Wildman–Crippen MR) is 61.8 cm³/mol. The maximum Gasteiger partial charge on any atom is 0.115 e. The smallest absolute Gasteiger partial charge is 0.115 e. The van der Waals surface area contributed by atoms with E-state index < -0.39 is 0 Å². The Kier molecular flexibility index (Phi) is 2.47. The van der Waals surface area contributed by atoms with Gasteiger partial charge in [-0.2, -0.15) is 0 Å². The second-order valence-corrected chi connectivity index (χ2v) is 5.23. The Labute approximate surface area is 91.3 Å². The fraction of sp³-hybridized carbons (Fsp3) is 0.538. The number of benzene rings is 1. The predicted octanol–water partition coefficient (Wildman–Crippen LogP) is 2.84. The van der Waals surface area contributed by atoms with Gasteiger partial charge in [-0.25, -0.2) is 0 Å². The Morgan fingerprint density at radius 2 is 2.13 bits per heavy atom. The average molecular weight is 205 g/mol. The van der Waals surface area contributed by atoms with E-state index in [1.807, 2.05) is 18.2 Å². The normalized spacial score (nSPS) is 24.9. The summed E-state index contributed by atoms with van der Waals surface area (Å²) in [6, 6.07) is 8.40. The van der Waals surface area contributed by atoms with Crippen molar-refractivity contribution in [3.63, 3.8) is 0 Å². The van der Waals surface area contributed by atoms with Gasteiger partial charge in [-0.15, -0.1) is 0 Å². The number of phenolic OH excluding ortho intramolecular Hbond substituents is 1. The largest absolute Gasteiger partial charge is 0.508 e. The fourth-order valence-corrected chi connectivity index (χ4v) is 1.94. The lowest BCUT2D eigenvalue weighted by molar-refractivity contribution is 0.467. The van der Waals surface area contributed by atoms with Gasteiger partial charge in [0, 0.05) is 12.1 Å². The van der Waals surface area contributed by atoms with Crippen LogP contribution in [-0.4, -0.2) is 11.1 Å². The average Bonchev–Trinajstić information content (AvgIpc) is 2.73. The summed E-state index contributed by atoms with van der Waals surface area (Å²) >= 11 is 0. The molecule has 0 amide bonds. The quantitative estimate of drug-likeness (QED) is 0.795. The molecule has 2 nitrogen and oxygen atoms in total. The standard InChI is InChI=1S/C13H19NO/c1-9(14-12-8-13(12,2)3)10-5-4-6-11(15)7-10/h4-7,9,12,14-15H,8H2,1-3H3. The summed E-state index contributed by atoms with van der Waals surface area (Å²) in [6.07, 6.45) is 1.25. The number of hydrogen-bond acceptors (Lipinski definition) is 2. The molecule has 0 spiro atoms. The zero-order valence-electron chi connectivity index (χ0n) is 9.62. The van der Waals surface area contributed by atoms with Crippen LogP contribution in [0.4, 0.5) is 0 Å². The number of nitrogens with one attached hydrogen (secondary N) is 1. The lowest BCUT2D eigenvalue weighted by atomic mass is 10.1. The van der Waals surface area contributed by atoms with Gasteiger partial charge in [0.15, 0.2) is 0 Å². The molecule has 1 aliphatic rings. The van der Waals surface area contributed by atoms with Crippen molar-refractivity contribution in [3.8, 4) is 5.75 Å². The lowest BCUT2D eigenvalue weighted by Crippen LogP contribution is -2.24. The minimum atomic E-state index is 0.309. The molecule has 2 heteroatoms. The third-order valence-electron chi connectivity index (χ3n) is 3.33. The molecule has 0 saturated heterocycles. The van der Waals surface area contributed by atoms with Gasteiger partial charge in [-0.05, 0) is 36.5 Å². The van der Waals surface area contributed by atoms with Crippen molar-refractivity contribution in [1.29, 1.82) is 0 Å². The highest BCUT2D eigenvalue weighted by molar-refractivity contribution is 5.29. The van der Waals surface area contributed by atoms with Crippen LogP contribution in [-0.2, 0) is 0 Å². The molecule has 0 radical (unpaired) electrons. The first-order valence-electron chi connectivity index (χ1n) is 5.54. The van der Waals surface area contributed by atoms with Crippen LogP contribution in [0.1, 0.15) is 38.8 Å². The Bertz CT molecular complexity index is 359. The van der Waals surface area contributed by atoms with Crippen LogP contribution in [0.15, 0.2) is 24.3 Å². The highest BCUT2D eigenvalue weighted by Crippen LogP contribution is 2.45. The first-order chi connectivity index (χ1) is 6.99. The van der Waals surface area contributed by atoms with Gasteiger partial charge < -0.3 is 10.4 Å². The first-order valence-corrected chi connectivity index (χ1v) is 5.54. The minimum Gasteiger partial charge on any atom is -0.508 e. The molecule has 0 aromatic heterocycles. The fourth-order valence-electron chi connectivity index (χ4n) is 1.94. The van der Waals surface area contributed by atoms with Crippen LogP contribution in [0.2, 0.25) is 0 Å². The van der Waals surface area contributed by atoms with Crippen LogP contribution in [0.25, 0.3) is 0 Å². The van der Waals surface area contributed by atoms with Gasteiger partial charge in [0.1, 0.15) is 5.75 Å². The van der Waals surface area contributed by atoms with E-state index in [1.54, 1.807) is 6.07 Å². The van der Waals surface area contributed by atoms with Gasteiger partial charge in [-0.1, -0.05) is 26.0 Å². The molecule has 0 heterocycles. The number of hydrogen-bond donors (Lipinski definition) is 2. The van der Waals surface area contributed by atoms with Crippen LogP contribution >= 0.6 is 0 Å². The Morgan fingerprint density at radius 3 is 2.67 bits per heavy atom. The molecule has 15 heavy (non-hydrogen) atoms. The summed E-state index contributed by atoms with van der Waals surface area (Å²) in [5.74, 6) is 0.344. The zero-order chi connectivity index (χ0) is 11.1. The van der Waals surface area contributed by atoms with E-state index in [-0.39, 0.29) is 0 Å². The van der Waals surface area contributed by atoms with E-state index in [4.69, 9.17) is 0 Å². The number of aromatic hydroxyl groups is 1. The monoisotopic (exact) mass is 205 g/mol. The van der Waals surface area contributed by atoms with E-state index in [9.17, 15) is 5.11 Å². The van der Waals surface area contributed by atoms with Crippen molar-refractivity contribution in [2.24, 2.45) is 5.41 Å². The summed E-state index contributed by atoms with van der Waals surface area (Å²) in [7, 11) is 0. The van der Waals surface area contributed by atoms with E-state index >= 15 is 0 Å². The molecule has 2 unspecified atom stereocenters. The van der Waals surface area contributed by atoms with Gasteiger partial charge in [0.25, 0.3) is 0 Å². The molecule has 2 N–H and O–H groups in total. The first kappa shape index (κ1) is 10.5. The second kappa shape index (κ2) is 3.53. The Hall–Kier alpha value is -1.02. The molecule has 1 saturated carbocycles. The highest BCUT2D eigenvalue weighted by atomic mass is 16.3. The SMILES string of the molecule is CC(NC1CC1(C)C)c1cccc(O)c1. The zero-order valence-corrected chi connectivity index (χ0v) is 9.62. The molecule has 0 bridgehead atoms. The number of rotatable bonds is 3. The third-order valence-corrected chi connectivity index (χ3v) is 3.33. The van der Waals surface area contributed by atoms with Gasteiger partial charge in [-0.3, -0.25) is 0 Å². The Balaban J connectivity index is 1.99. The third kappa shape index (κ3) is 2.32. The van der Waals surface area contributed by atoms with Gasteiger partial charge >= 0.3 is 0 Å². The molecule has 1 aliphatic carbocycles. The van der Waals surface area contributed by atoms with Gasteiger partial charge in [0.2, 0.25) is 0 Å². The topological polar surface area (TPSA) is 32.3 Å². The van der Waals surface area contributed by atoms with Crippen LogP contribution in [0, 0.1) is 5.41 Å². The van der Waals surface area contributed by atoms with E-state index in [1.165, 1.54) is 6.42 Å². The van der Waals surface area contributed by atoms with E-state index in [2.05, 4.69) is 26.1 Å². The molecular weight excluding hydrogens is 186 g/mol. The number of phenols is 1. The van der Waals surface area contributed by atoms with Crippen LogP contribution in [0.5, 0.6) is 5.75 Å². The molecule has 0 aliphatic heterocycles. The van der Waals surface area contributed by atoms with Crippen molar-refractivity contribution in [2.45, 2.75) is 39.3 Å². The molecule has 2 atom stereocenters. The second-order valence-electron chi connectivity index (χ2n) is 5.23. The van der Waals surface area contributed by atoms with Crippen LogP contribution in [0.3, 0.4) is 0 Å². The summed E-state index contributed by atoms with van der Waals surface area (Å²) in [5, 5.41) is 13.0. The highest BCUT2D eigenvalue weighted by Gasteiger charge is 2.45. The van der Waals surface area contributed by atoms with E-state index in [0.29, 0.717) is 23.2 Å². The van der Waals surface area contributed by atoms with Crippen molar-refractivity contribution in [3.05, 3.63) is 29.8 Å². The van der Waals surface area contributed by atoms with Crippen molar-refractivity contribution < 1.29 is 5.11 Å². The van der Waals surface area contributed by atoms with Crippen molar-refractivity contribution >= 4 is 0 Å². The molecule has 1 aromatic carbocycles. The summed E-state index contributed by atoms with van der Waals surface area (Å²) < 4.78 is 0. The maximum atomic E-state index is 9.39.